The molecule has 0 aliphatic carbocycles. The van der Waals surface area contributed by atoms with Crippen LogP contribution in [0.1, 0.15) is 19.4 Å². The van der Waals surface area contributed by atoms with Gasteiger partial charge in [0.15, 0.2) is 0 Å². The summed E-state index contributed by atoms with van der Waals surface area (Å²) in [6, 6.07) is 7.97. The summed E-state index contributed by atoms with van der Waals surface area (Å²) in [5.41, 5.74) is 1.14. The maximum Gasteiger partial charge on any atom is 0.263 e. The fourth-order valence-electron chi connectivity index (χ4n) is 1.76. The van der Waals surface area contributed by atoms with Gasteiger partial charge in [-0.1, -0.05) is 34.1 Å². The third-order valence-electron chi connectivity index (χ3n) is 2.62. The summed E-state index contributed by atoms with van der Waals surface area (Å²) in [6.45, 7) is 4.71. The standard InChI is InChI=1S/C14H16ClNO2S2/c1-9(2)18-11-6-4-10(5-7-11)8-16(3)13-12(15)14(17)20-19-13/h4-7,9H,8H2,1-3H3. The summed E-state index contributed by atoms with van der Waals surface area (Å²) in [5.74, 6) is 0.865. The number of halogens is 1. The fraction of sp³-hybridized carbons (Fsp3) is 0.357. The first-order chi connectivity index (χ1) is 9.47. The van der Waals surface area contributed by atoms with E-state index in [1.54, 1.807) is 0 Å². The zero-order chi connectivity index (χ0) is 14.7. The molecule has 0 atom stereocenters. The van der Waals surface area contributed by atoms with Gasteiger partial charge in [0.2, 0.25) is 0 Å². The van der Waals surface area contributed by atoms with Crippen LogP contribution in [0.2, 0.25) is 5.02 Å². The lowest BCUT2D eigenvalue weighted by Gasteiger charge is -2.17. The van der Waals surface area contributed by atoms with E-state index in [4.69, 9.17) is 16.3 Å². The number of benzene rings is 1. The average molecular weight is 330 g/mol. The van der Waals surface area contributed by atoms with Crippen LogP contribution in [0.3, 0.4) is 0 Å². The zero-order valence-electron chi connectivity index (χ0n) is 11.6. The highest BCUT2D eigenvalue weighted by molar-refractivity contribution is 7.70. The topological polar surface area (TPSA) is 29.5 Å². The first-order valence-corrected chi connectivity index (χ1v) is 8.75. The first kappa shape index (κ1) is 15.4. The Bertz CT molecular complexity index is 619. The van der Waals surface area contributed by atoms with Crippen molar-refractivity contribution in [2.75, 3.05) is 11.9 Å². The summed E-state index contributed by atoms with van der Waals surface area (Å²) in [7, 11) is 4.52. The Morgan fingerprint density at radius 2 is 1.90 bits per heavy atom. The maximum atomic E-state index is 11.4. The van der Waals surface area contributed by atoms with Gasteiger partial charge in [-0.2, -0.15) is 0 Å². The molecule has 2 rings (SSSR count). The highest BCUT2D eigenvalue weighted by Gasteiger charge is 2.13. The summed E-state index contributed by atoms with van der Waals surface area (Å²) >= 11 is 6.00. The molecule has 3 nitrogen and oxygen atoms in total. The van der Waals surface area contributed by atoms with Crippen LogP contribution >= 0.6 is 32.3 Å². The molecule has 108 valence electrons. The van der Waals surface area contributed by atoms with Gasteiger partial charge in [0.25, 0.3) is 4.74 Å². The molecular weight excluding hydrogens is 314 g/mol. The lowest BCUT2D eigenvalue weighted by atomic mass is 10.2. The average Bonchev–Trinajstić information content (AvgIpc) is 2.72. The van der Waals surface area contributed by atoms with Gasteiger partial charge in [-0.05, 0) is 41.9 Å². The van der Waals surface area contributed by atoms with E-state index in [0.29, 0.717) is 11.6 Å². The summed E-state index contributed by atoms with van der Waals surface area (Å²) < 4.78 is 5.54. The van der Waals surface area contributed by atoms with Crippen LogP contribution in [0.15, 0.2) is 29.1 Å². The largest absolute Gasteiger partial charge is 0.491 e. The molecule has 1 aromatic carbocycles. The number of ether oxygens (including phenoxy) is 1. The molecule has 0 aliphatic heterocycles. The number of nitrogens with zero attached hydrogens (tertiary/aromatic N) is 1. The molecule has 1 heterocycles. The molecule has 1 aromatic heterocycles. The van der Waals surface area contributed by atoms with Crippen LogP contribution in [0.25, 0.3) is 0 Å². The van der Waals surface area contributed by atoms with Crippen LogP contribution in [-0.2, 0) is 6.54 Å². The monoisotopic (exact) mass is 329 g/mol. The second-order valence-corrected chi connectivity index (χ2v) is 7.21. The summed E-state index contributed by atoms with van der Waals surface area (Å²) in [6.07, 6.45) is 0.172. The second kappa shape index (κ2) is 6.61. The van der Waals surface area contributed by atoms with Crippen molar-refractivity contribution in [3.8, 4) is 5.75 Å². The molecular formula is C14H16ClNO2S2. The van der Waals surface area contributed by atoms with Crippen molar-refractivity contribution in [2.24, 2.45) is 0 Å². The summed E-state index contributed by atoms with van der Waals surface area (Å²) in [4.78, 5) is 13.4. The third kappa shape index (κ3) is 3.75. The number of anilines is 1. The molecule has 0 aliphatic rings. The maximum absolute atomic E-state index is 11.4. The molecule has 0 amide bonds. The highest BCUT2D eigenvalue weighted by Crippen LogP contribution is 2.31. The molecule has 0 radical (unpaired) electrons. The van der Waals surface area contributed by atoms with E-state index < -0.39 is 0 Å². The number of hydrogen-bond acceptors (Lipinski definition) is 5. The number of rotatable bonds is 5. The van der Waals surface area contributed by atoms with E-state index in [1.165, 1.54) is 20.7 Å². The van der Waals surface area contributed by atoms with Gasteiger partial charge < -0.3 is 9.64 Å². The minimum atomic E-state index is -0.0702. The van der Waals surface area contributed by atoms with Gasteiger partial charge >= 0.3 is 0 Å². The molecule has 0 saturated heterocycles. The van der Waals surface area contributed by atoms with Gasteiger partial charge in [0.05, 0.1) is 6.10 Å². The molecule has 2 aromatic rings. The minimum absolute atomic E-state index is 0.0702. The predicted octanol–water partition coefficient (Wildman–Crippen LogP) is 4.25. The minimum Gasteiger partial charge on any atom is -0.491 e. The van der Waals surface area contributed by atoms with Crippen molar-refractivity contribution in [1.82, 2.24) is 0 Å². The van der Waals surface area contributed by atoms with Crippen LogP contribution in [0.4, 0.5) is 5.00 Å². The Labute approximate surface area is 130 Å². The van der Waals surface area contributed by atoms with E-state index >= 15 is 0 Å². The highest BCUT2D eigenvalue weighted by atomic mass is 35.5. The van der Waals surface area contributed by atoms with Crippen molar-refractivity contribution in [3.05, 3.63) is 44.4 Å². The molecule has 6 heteroatoms. The molecule has 0 unspecified atom stereocenters. The smallest absolute Gasteiger partial charge is 0.263 e. The predicted molar refractivity (Wildman–Crippen MR) is 87.8 cm³/mol. The van der Waals surface area contributed by atoms with Crippen LogP contribution < -0.4 is 14.4 Å². The van der Waals surface area contributed by atoms with Crippen LogP contribution in [0, 0.1) is 0 Å². The Morgan fingerprint density at radius 1 is 1.25 bits per heavy atom. The lowest BCUT2D eigenvalue weighted by molar-refractivity contribution is 0.242. The molecule has 0 spiro atoms. The van der Waals surface area contributed by atoms with E-state index in [1.807, 2.05) is 50.1 Å². The fourth-order valence-corrected chi connectivity index (χ4v) is 4.50. The number of hydrogen-bond donors (Lipinski definition) is 0. The first-order valence-electron chi connectivity index (χ1n) is 6.22. The van der Waals surface area contributed by atoms with E-state index in [-0.39, 0.29) is 10.8 Å². The van der Waals surface area contributed by atoms with Crippen molar-refractivity contribution >= 4 is 37.3 Å². The molecule has 0 N–H and O–H groups in total. The van der Waals surface area contributed by atoms with Crippen LogP contribution in [-0.4, -0.2) is 13.2 Å². The van der Waals surface area contributed by atoms with Crippen LogP contribution in [0.5, 0.6) is 5.75 Å². The molecule has 0 saturated carbocycles. The van der Waals surface area contributed by atoms with Crippen molar-refractivity contribution in [1.29, 1.82) is 0 Å². The Morgan fingerprint density at radius 3 is 2.40 bits per heavy atom. The van der Waals surface area contributed by atoms with E-state index in [9.17, 15) is 4.79 Å². The Hall–Kier alpha value is -1.04. The Kier molecular flexibility index (Phi) is 5.07. The van der Waals surface area contributed by atoms with Crippen molar-refractivity contribution in [3.63, 3.8) is 0 Å². The quantitative estimate of drug-likeness (QED) is 0.768. The van der Waals surface area contributed by atoms with Crippen molar-refractivity contribution in [2.45, 2.75) is 26.5 Å². The van der Waals surface area contributed by atoms with E-state index in [0.717, 1.165) is 16.3 Å². The second-order valence-electron chi connectivity index (χ2n) is 4.74. The SMILES string of the molecule is CC(C)Oc1ccc(CN(C)c2ssc(=O)c2Cl)cc1. The van der Waals surface area contributed by atoms with E-state index in [2.05, 4.69) is 0 Å². The van der Waals surface area contributed by atoms with Gasteiger partial charge in [0.1, 0.15) is 15.8 Å². The third-order valence-corrected chi connectivity index (χ3v) is 5.49. The van der Waals surface area contributed by atoms with Crippen molar-refractivity contribution < 1.29 is 4.74 Å². The zero-order valence-corrected chi connectivity index (χ0v) is 13.9. The molecule has 0 fully saturated rings. The van der Waals surface area contributed by atoms with Gasteiger partial charge in [-0.3, -0.25) is 4.79 Å². The summed E-state index contributed by atoms with van der Waals surface area (Å²) in [5, 5.41) is 1.14. The van der Waals surface area contributed by atoms with Gasteiger partial charge in [-0.25, -0.2) is 0 Å². The molecule has 0 bridgehead atoms. The van der Waals surface area contributed by atoms with Gasteiger partial charge in [0, 0.05) is 13.6 Å². The van der Waals surface area contributed by atoms with Gasteiger partial charge in [-0.15, -0.1) is 0 Å². The lowest BCUT2D eigenvalue weighted by Crippen LogP contribution is -2.16. The normalized spacial score (nSPS) is 10.8. The molecule has 20 heavy (non-hydrogen) atoms. The Balaban J connectivity index is 2.06.